The van der Waals surface area contributed by atoms with Gasteiger partial charge in [-0.05, 0) is 56.4 Å². The molecule has 0 spiro atoms. The molecule has 1 aliphatic heterocycles. The van der Waals surface area contributed by atoms with Gasteiger partial charge in [-0.1, -0.05) is 48.0 Å². The molecule has 0 atom stereocenters. The van der Waals surface area contributed by atoms with Crippen LogP contribution in [-0.2, 0) is 9.53 Å². The molecule has 0 radical (unpaired) electrons. The van der Waals surface area contributed by atoms with Crippen LogP contribution in [0.4, 0.5) is 5.00 Å². The number of morpholine rings is 1. The summed E-state index contributed by atoms with van der Waals surface area (Å²) < 4.78 is 5.39. The Morgan fingerprint density at radius 3 is 2.24 bits per heavy atom. The Balaban J connectivity index is 1.46. The molecule has 1 saturated heterocycles. The number of carbonyl (C=O) groups is 3. The molecule has 0 unspecified atom stereocenters. The number of aryl methyl sites for hydroxylation is 1. The van der Waals surface area contributed by atoms with Gasteiger partial charge in [0.2, 0.25) is 5.91 Å². The first kappa shape index (κ1) is 26.1. The highest BCUT2D eigenvalue weighted by Crippen LogP contribution is 2.42. The minimum atomic E-state index is -1.06. The van der Waals surface area contributed by atoms with Crippen LogP contribution in [0.3, 0.4) is 0 Å². The van der Waals surface area contributed by atoms with Crippen LogP contribution < -0.4 is 4.90 Å². The van der Waals surface area contributed by atoms with Gasteiger partial charge in [0.05, 0.1) is 18.8 Å². The summed E-state index contributed by atoms with van der Waals surface area (Å²) in [7, 11) is 0. The fourth-order valence-electron chi connectivity index (χ4n) is 5.34. The van der Waals surface area contributed by atoms with Crippen molar-refractivity contribution in [1.29, 1.82) is 0 Å². The van der Waals surface area contributed by atoms with Gasteiger partial charge in [0.25, 0.3) is 5.91 Å². The van der Waals surface area contributed by atoms with E-state index in [9.17, 15) is 19.5 Å². The fraction of sp³-hybridized carbons (Fsp3) is 0.367. The van der Waals surface area contributed by atoms with Crippen LogP contribution >= 0.6 is 11.3 Å². The first-order valence-corrected chi connectivity index (χ1v) is 13.9. The summed E-state index contributed by atoms with van der Waals surface area (Å²) in [5.41, 5.74) is 2.60. The molecule has 1 aromatic heterocycles. The monoisotopic (exact) mass is 532 g/mol. The van der Waals surface area contributed by atoms with Gasteiger partial charge in [-0.15, -0.1) is 11.3 Å². The molecule has 3 aromatic rings. The zero-order chi connectivity index (χ0) is 26.6. The molecule has 1 aliphatic carbocycles. The summed E-state index contributed by atoms with van der Waals surface area (Å²) >= 11 is 1.33. The lowest BCUT2D eigenvalue weighted by Gasteiger charge is -2.38. The Labute approximate surface area is 226 Å². The summed E-state index contributed by atoms with van der Waals surface area (Å²) in [6, 6.07) is 18.5. The molecule has 7 nitrogen and oxygen atoms in total. The second-order valence-corrected chi connectivity index (χ2v) is 11.0. The van der Waals surface area contributed by atoms with E-state index in [1.54, 1.807) is 23.1 Å². The predicted octanol–water partition coefficient (Wildman–Crippen LogP) is 5.49. The topological polar surface area (TPSA) is 87.2 Å². The molecule has 1 saturated carbocycles. The van der Waals surface area contributed by atoms with E-state index in [1.165, 1.54) is 11.3 Å². The SMILES string of the molecule is Cc1ccc(C(=O)N(c2sc(-c3ccccc3)cc2C(=O)O)C2CCC(C(=O)N3CCOCC3)CC2)cc1. The summed E-state index contributed by atoms with van der Waals surface area (Å²) in [6.45, 7) is 4.35. The van der Waals surface area contributed by atoms with Crippen LogP contribution in [0, 0.1) is 12.8 Å². The Hall–Kier alpha value is -3.49. The number of nitrogens with zero attached hydrogens (tertiary/aromatic N) is 2. The zero-order valence-electron chi connectivity index (χ0n) is 21.5. The number of hydrogen-bond donors (Lipinski definition) is 1. The third-order valence-corrected chi connectivity index (χ3v) is 8.65. The normalized spacial score (nSPS) is 19.7. The summed E-state index contributed by atoms with van der Waals surface area (Å²) in [6.07, 6.45) is 2.60. The van der Waals surface area contributed by atoms with Gasteiger partial charge < -0.3 is 14.7 Å². The van der Waals surface area contributed by atoms with E-state index in [1.807, 2.05) is 54.3 Å². The molecule has 0 bridgehead atoms. The van der Waals surface area contributed by atoms with E-state index < -0.39 is 5.97 Å². The fourth-order valence-corrected chi connectivity index (χ4v) is 6.57. The van der Waals surface area contributed by atoms with Crippen LogP contribution in [0.1, 0.15) is 52.0 Å². The number of ether oxygens (including phenoxy) is 1. The predicted molar refractivity (Wildman–Crippen MR) is 148 cm³/mol. The maximum Gasteiger partial charge on any atom is 0.338 e. The summed E-state index contributed by atoms with van der Waals surface area (Å²) in [4.78, 5) is 43.9. The smallest absolute Gasteiger partial charge is 0.338 e. The van der Waals surface area contributed by atoms with Gasteiger partial charge in [-0.3, -0.25) is 14.5 Å². The van der Waals surface area contributed by atoms with Crippen molar-refractivity contribution in [3.05, 3.63) is 77.4 Å². The van der Waals surface area contributed by atoms with Gasteiger partial charge in [-0.2, -0.15) is 0 Å². The molecule has 1 N–H and O–H groups in total. The minimum Gasteiger partial charge on any atom is -0.478 e. The number of amides is 2. The number of rotatable bonds is 6. The van der Waals surface area contributed by atoms with Crippen LogP contribution in [0.25, 0.3) is 10.4 Å². The van der Waals surface area contributed by atoms with Crippen LogP contribution in [0.15, 0.2) is 60.7 Å². The molecule has 2 aliphatic rings. The standard InChI is InChI=1S/C30H32N2O5S/c1-20-7-9-23(10-8-20)28(34)32(24-13-11-22(12-14-24)27(33)31-15-17-37-18-16-31)29-25(30(35)36)19-26(38-29)21-5-3-2-4-6-21/h2-10,19,22,24H,11-18H2,1H3,(H,35,36). The molecule has 2 aromatic carbocycles. The van der Waals surface area contributed by atoms with Crippen molar-refractivity contribution in [2.45, 2.75) is 38.6 Å². The van der Waals surface area contributed by atoms with E-state index >= 15 is 0 Å². The number of carboxylic acids is 1. The van der Waals surface area contributed by atoms with E-state index in [2.05, 4.69) is 0 Å². The van der Waals surface area contributed by atoms with Gasteiger partial charge >= 0.3 is 5.97 Å². The Bertz CT molecular complexity index is 1290. The Morgan fingerprint density at radius 1 is 0.947 bits per heavy atom. The van der Waals surface area contributed by atoms with E-state index in [4.69, 9.17) is 4.74 Å². The lowest BCUT2D eigenvalue weighted by molar-refractivity contribution is -0.140. The Kier molecular flexibility index (Phi) is 7.90. The molecular formula is C30H32N2O5S. The highest BCUT2D eigenvalue weighted by atomic mass is 32.1. The number of hydrogen-bond acceptors (Lipinski definition) is 5. The number of anilines is 1. The van der Waals surface area contributed by atoms with Crippen LogP contribution in [0.2, 0.25) is 0 Å². The molecule has 8 heteroatoms. The van der Waals surface area contributed by atoms with Crippen LogP contribution in [0.5, 0.6) is 0 Å². The average molecular weight is 533 g/mol. The van der Waals surface area contributed by atoms with Crippen molar-refractivity contribution in [3.8, 4) is 10.4 Å². The number of carboxylic acid groups (broad SMARTS) is 1. The second-order valence-electron chi connectivity index (χ2n) is 9.98. The second kappa shape index (κ2) is 11.5. The number of benzene rings is 2. The summed E-state index contributed by atoms with van der Waals surface area (Å²) in [5, 5.41) is 10.6. The van der Waals surface area contributed by atoms with E-state index in [0.29, 0.717) is 62.6 Å². The summed E-state index contributed by atoms with van der Waals surface area (Å²) in [5.74, 6) is -1.19. The molecule has 198 valence electrons. The van der Waals surface area contributed by atoms with Crippen molar-refractivity contribution in [2.75, 3.05) is 31.2 Å². The van der Waals surface area contributed by atoms with E-state index in [-0.39, 0.29) is 29.3 Å². The van der Waals surface area contributed by atoms with Crippen molar-refractivity contribution < 1.29 is 24.2 Å². The van der Waals surface area contributed by atoms with Crippen molar-refractivity contribution in [1.82, 2.24) is 4.90 Å². The van der Waals surface area contributed by atoms with Gasteiger partial charge in [0, 0.05) is 35.5 Å². The maximum absolute atomic E-state index is 14.0. The number of aromatic carboxylic acids is 1. The zero-order valence-corrected chi connectivity index (χ0v) is 22.3. The van der Waals surface area contributed by atoms with Gasteiger partial charge in [0.1, 0.15) is 5.00 Å². The van der Waals surface area contributed by atoms with Crippen molar-refractivity contribution in [2.24, 2.45) is 5.92 Å². The molecule has 2 fully saturated rings. The Morgan fingerprint density at radius 2 is 1.61 bits per heavy atom. The molecule has 2 heterocycles. The number of thiophene rings is 1. The molecule has 5 rings (SSSR count). The highest BCUT2D eigenvalue weighted by molar-refractivity contribution is 7.20. The van der Waals surface area contributed by atoms with E-state index in [0.717, 1.165) is 16.0 Å². The largest absolute Gasteiger partial charge is 0.478 e. The molecular weight excluding hydrogens is 500 g/mol. The maximum atomic E-state index is 14.0. The molecule has 2 amide bonds. The quantitative estimate of drug-likeness (QED) is 0.454. The van der Waals surface area contributed by atoms with Crippen molar-refractivity contribution in [3.63, 3.8) is 0 Å². The first-order chi connectivity index (χ1) is 18.4. The van der Waals surface area contributed by atoms with Crippen molar-refractivity contribution >= 4 is 34.1 Å². The van der Waals surface area contributed by atoms with Crippen LogP contribution in [-0.4, -0.2) is 60.1 Å². The van der Waals surface area contributed by atoms with Gasteiger partial charge in [-0.25, -0.2) is 4.79 Å². The van der Waals surface area contributed by atoms with Gasteiger partial charge in [0.15, 0.2) is 0 Å². The highest BCUT2D eigenvalue weighted by Gasteiger charge is 2.37. The third kappa shape index (κ3) is 5.51. The molecule has 38 heavy (non-hydrogen) atoms. The third-order valence-electron chi connectivity index (χ3n) is 7.47. The lowest BCUT2D eigenvalue weighted by Crippen LogP contribution is -2.47. The number of carbonyl (C=O) groups excluding carboxylic acids is 2. The lowest BCUT2D eigenvalue weighted by atomic mass is 9.84. The minimum absolute atomic E-state index is 0.0807. The first-order valence-electron chi connectivity index (χ1n) is 13.1. The average Bonchev–Trinajstić information content (AvgIpc) is 3.40.